The lowest BCUT2D eigenvalue weighted by Gasteiger charge is -2.27. The first-order valence-electron chi connectivity index (χ1n) is 9.31. The Morgan fingerprint density at radius 2 is 2.10 bits per heavy atom. The van der Waals surface area contributed by atoms with Crippen molar-refractivity contribution in [3.8, 4) is 17.7 Å². The summed E-state index contributed by atoms with van der Waals surface area (Å²) in [5.74, 6) is -0.383. The van der Waals surface area contributed by atoms with E-state index in [2.05, 4.69) is 16.3 Å². The number of nitrogens with one attached hydrogen (secondary N) is 1. The number of benzene rings is 1. The number of aromatic amines is 1. The Labute approximate surface area is 172 Å². The molecular weight excluding hydrogens is 384 g/mol. The first-order valence-corrected chi connectivity index (χ1v) is 9.31. The molecule has 1 aliphatic heterocycles. The highest BCUT2D eigenvalue weighted by Crippen LogP contribution is 2.45. The molecule has 152 valence electrons. The maximum Gasteiger partial charge on any atom is 0.379 e. The highest BCUT2D eigenvalue weighted by Gasteiger charge is 2.38. The third-order valence-electron chi connectivity index (χ3n) is 4.81. The predicted molar refractivity (Wildman–Crippen MR) is 107 cm³/mol. The summed E-state index contributed by atoms with van der Waals surface area (Å²) >= 11 is 0. The molecule has 1 aromatic carbocycles. The van der Waals surface area contributed by atoms with Crippen molar-refractivity contribution in [3.05, 3.63) is 76.7 Å². The first kappa shape index (κ1) is 19.3. The first-order chi connectivity index (χ1) is 14.3. The van der Waals surface area contributed by atoms with Crippen molar-refractivity contribution in [1.29, 1.82) is 5.26 Å². The molecule has 3 heterocycles. The number of allylic oxidation sites excluding steroid dienone is 1. The Kier molecular flexibility index (Phi) is 4.59. The van der Waals surface area contributed by atoms with Gasteiger partial charge in [0.2, 0.25) is 17.5 Å². The molecule has 30 heavy (non-hydrogen) atoms. The highest BCUT2D eigenvalue weighted by molar-refractivity contribution is 5.88. The van der Waals surface area contributed by atoms with E-state index < -0.39 is 11.9 Å². The zero-order valence-corrected chi connectivity index (χ0v) is 16.7. The molecular formula is C22H20N4O4. The Bertz CT molecular complexity index is 1180. The van der Waals surface area contributed by atoms with Gasteiger partial charge in [-0.15, -0.1) is 5.10 Å². The van der Waals surface area contributed by atoms with Crippen LogP contribution < -0.4 is 15.2 Å². The Morgan fingerprint density at radius 3 is 2.77 bits per heavy atom. The Morgan fingerprint density at radius 1 is 1.30 bits per heavy atom. The number of fused-ring (bicyclic) bond motifs is 1. The number of hydrogen-bond donors (Lipinski definition) is 2. The van der Waals surface area contributed by atoms with E-state index in [1.165, 1.54) is 12.3 Å². The average Bonchev–Trinajstić information content (AvgIpc) is 3.36. The molecule has 0 radical (unpaired) electrons. The minimum atomic E-state index is -0.612. The summed E-state index contributed by atoms with van der Waals surface area (Å²) in [7, 11) is 0. The third-order valence-corrected chi connectivity index (χ3v) is 4.81. The van der Waals surface area contributed by atoms with Crippen molar-refractivity contribution in [2.45, 2.75) is 32.1 Å². The number of carbonyl (C=O) groups excluding carboxylic acids is 1. The largest absolute Gasteiger partial charge is 0.457 e. The van der Waals surface area contributed by atoms with Crippen molar-refractivity contribution in [3.63, 3.8) is 0 Å². The summed E-state index contributed by atoms with van der Waals surface area (Å²) in [5, 5.41) is 17.1. The maximum atomic E-state index is 12.2. The van der Waals surface area contributed by atoms with Crippen LogP contribution in [0.2, 0.25) is 0 Å². The van der Waals surface area contributed by atoms with Crippen molar-refractivity contribution >= 4 is 5.97 Å². The molecule has 1 aliphatic rings. The van der Waals surface area contributed by atoms with Crippen molar-refractivity contribution < 1.29 is 18.7 Å². The molecule has 0 fully saturated rings. The minimum Gasteiger partial charge on any atom is -0.457 e. The van der Waals surface area contributed by atoms with Gasteiger partial charge in [0.1, 0.15) is 17.4 Å². The Hall–Kier alpha value is -3.99. The zero-order valence-electron chi connectivity index (χ0n) is 16.7. The van der Waals surface area contributed by atoms with E-state index in [1.54, 1.807) is 24.3 Å². The fourth-order valence-corrected chi connectivity index (χ4v) is 3.46. The fraction of sp³-hybridized carbons (Fsp3) is 0.227. The van der Waals surface area contributed by atoms with Gasteiger partial charge in [0.15, 0.2) is 0 Å². The number of aromatic nitrogens is 2. The fourth-order valence-electron chi connectivity index (χ4n) is 3.46. The summed E-state index contributed by atoms with van der Waals surface area (Å²) in [6.07, 6.45) is 1.40. The van der Waals surface area contributed by atoms with Gasteiger partial charge in [0, 0.05) is 11.1 Å². The minimum absolute atomic E-state index is 0.0000532. The van der Waals surface area contributed by atoms with Gasteiger partial charge >= 0.3 is 5.97 Å². The van der Waals surface area contributed by atoms with E-state index in [0.29, 0.717) is 11.6 Å². The quantitative estimate of drug-likeness (QED) is 0.503. The molecule has 0 aliphatic carbocycles. The molecule has 8 nitrogen and oxygen atoms in total. The molecule has 3 N–H and O–H groups in total. The summed E-state index contributed by atoms with van der Waals surface area (Å²) in [6, 6.07) is 12.2. The number of rotatable bonds is 3. The topological polar surface area (TPSA) is 127 Å². The molecule has 0 unspecified atom stereocenters. The molecule has 3 aromatic rings. The molecule has 8 heteroatoms. The van der Waals surface area contributed by atoms with E-state index >= 15 is 0 Å². The summed E-state index contributed by atoms with van der Waals surface area (Å²) in [6.45, 7) is 6.10. The van der Waals surface area contributed by atoms with Crippen molar-refractivity contribution in [2.75, 3.05) is 0 Å². The second-order valence-electron chi connectivity index (χ2n) is 7.93. The van der Waals surface area contributed by atoms with Crippen LogP contribution in [0.5, 0.6) is 11.6 Å². The number of furan rings is 1. The molecule has 0 saturated carbocycles. The molecule has 1 atom stereocenters. The van der Waals surface area contributed by atoms with E-state index in [4.69, 9.17) is 19.6 Å². The van der Waals surface area contributed by atoms with Crippen LogP contribution in [0, 0.1) is 11.3 Å². The van der Waals surface area contributed by atoms with Crippen LogP contribution in [0.3, 0.4) is 0 Å². The zero-order chi connectivity index (χ0) is 21.5. The van der Waals surface area contributed by atoms with Crippen LogP contribution >= 0.6 is 0 Å². The number of esters is 1. The number of nitrogens with two attached hydrogens (primary N) is 1. The number of nitrogens with zero attached hydrogens (tertiary/aromatic N) is 2. The van der Waals surface area contributed by atoms with E-state index in [-0.39, 0.29) is 22.6 Å². The van der Waals surface area contributed by atoms with Crippen LogP contribution in [-0.4, -0.2) is 16.2 Å². The lowest BCUT2D eigenvalue weighted by atomic mass is 9.79. The summed E-state index contributed by atoms with van der Waals surface area (Å²) < 4.78 is 16.1. The maximum absolute atomic E-state index is 12.2. The number of hydrogen-bond acceptors (Lipinski definition) is 7. The molecule has 0 saturated heterocycles. The van der Waals surface area contributed by atoms with Crippen LogP contribution in [0.15, 0.2) is 58.5 Å². The van der Waals surface area contributed by atoms with Crippen LogP contribution in [-0.2, 0) is 5.41 Å². The van der Waals surface area contributed by atoms with Gasteiger partial charge < -0.3 is 19.6 Å². The number of ether oxygens (including phenoxy) is 2. The van der Waals surface area contributed by atoms with Gasteiger partial charge in [-0.05, 0) is 29.8 Å². The molecule has 0 spiro atoms. The number of H-pyrrole nitrogens is 1. The lowest BCUT2D eigenvalue weighted by molar-refractivity contribution is 0.0701. The van der Waals surface area contributed by atoms with Crippen molar-refractivity contribution in [2.24, 2.45) is 5.73 Å². The van der Waals surface area contributed by atoms with Gasteiger partial charge in [-0.2, -0.15) is 5.26 Å². The van der Waals surface area contributed by atoms with E-state index in [9.17, 15) is 10.1 Å². The summed E-state index contributed by atoms with van der Waals surface area (Å²) in [5.41, 5.74) is 8.30. The third kappa shape index (κ3) is 3.31. The van der Waals surface area contributed by atoms with Crippen LogP contribution in [0.1, 0.15) is 54.1 Å². The number of carbonyl (C=O) groups is 1. The Balaban J connectivity index is 1.79. The average molecular weight is 404 g/mol. The van der Waals surface area contributed by atoms with Crippen LogP contribution in [0.4, 0.5) is 0 Å². The van der Waals surface area contributed by atoms with Crippen molar-refractivity contribution in [1.82, 2.24) is 10.2 Å². The van der Waals surface area contributed by atoms with Gasteiger partial charge in [0.25, 0.3) is 0 Å². The lowest BCUT2D eigenvalue weighted by Crippen LogP contribution is -2.24. The van der Waals surface area contributed by atoms with Crippen LogP contribution in [0.25, 0.3) is 0 Å². The monoisotopic (exact) mass is 404 g/mol. The molecule has 2 aromatic heterocycles. The summed E-state index contributed by atoms with van der Waals surface area (Å²) in [4.78, 5) is 12.2. The number of nitriles is 1. The standard InChI is InChI=1S/C22H20N4O4/c1-22(2,3)18-17-16(14(11-23)19(24)30-20(17)26-25-18)12-6-4-7-13(10-12)29-21(27)15-8-5-9-28-15/h4-10,16H,24H2,1-3H3,(H,25,26)/t16-/m1/s1. The second kappa shape index (κ2) is 7.12. The van der Waals surface area contributed by atoms with Gasteiger partial charge in [-0.3, -0.25) is 5.10 Å². The highest BCUT2D eigenvalue weighted by atomic mass is 16.5. The van der Waals surface area contributed by atoms with Gasteiger partial charge in [0.05, 0.1) is 17.7 Å². The second-order valence-corrected chi connectivity index (χ2v) is 7.93. The molecule has 4 rings (SSSR count). The SMILES string of the molecule is CC(C)(C)c1[nH]nc2c1[C@H](c1cccc(OC(=O)c3ccco3)c1)C(C#N)=C(N)O2. The molecule has 0 amide bonds. The van der Waals surface area contributed by atoms with Gasteiger partial charge in [-0.1, -0.05) is 32.9 Å². The van der Waals surface area contributed by atoms with E-state index in [1.807, 2.05) is 26.8 Å². The normalized spacial score (nSPS) is 15.9. The smallest absolute Gasteiger partial charge is 0.379 e. The van der Waals surface area contributed by atoms with Gasteiger partial charge in [-0.25, -0.2) is 4.79 Å². The predicted octanol–water partition coefficient (Wildman–Crippen LogP) is 3.74. The molecule has 0 bridgehead atoms. The van der Waals surface area contributed by atoms with E-state index in [0.717, 1.165) is 16.8 Å².